The first-order valence-electron chi connectivity index (χ1n) is 8.70. The van der Waals surface area contributed by atoms with E-state index in [-0.39, 0.29) is 25.2 Å². The minimum atomic E-state index is -0.587. The monoisotopic (exact) mass is 359 g/mol. The summed E-state index contributed by atoms with van der Waals surface area (Å²) in [4.78, 5) is 23.3. The highest BCUT2D eigenvalue weighted by Crippen LogP contribution is 2.20. The first-order valence-corrected chi connectivity index (χ1v) is 8.70. The third-order valence-electron chi connectivity index (χ3n) is 3.54. The number of carbonyl (C=O) groups is 2. The number of esters is 1. The smallest absolute Gasteiger partial charge is 0.344 e. The van der Waals surface area contributed by atoms with Crippen LogP contribution in [-0.4, -0.2) is 44.3 Å². The Labute approximate surface area is 153 Å². The van der Waals surface area contributed by atoms with Gasteiger partial charge in [0.25, 0.3) is 5.91 Å². The maximum atomic E-state index is 11.7. The van der Waals surface area contributed by atoms with Crippen molar-refractivity contribution in [1.82, 2.24) is 5.32 Å². The molecule has 0 bridgehead atoms. The van der Waals surface area contributed by atoms with Gasteiger partial charge in [-0.2, -0.15) is 0 Å². The molecule has 0 aliphatic heterocycles. The molecule has 0 heterocycles. The van der Waals surface area contributed by atoms with Gasteiger partial charge in [-0.3, -0.25) is 4.79 Å². The van der Waals surface area contributed by atoms with Gasteiger partial charge in [0.15, 0.2) is 13.2 Å². The molecule has 2 rings (SSSR count). The predicted molar refractivity (Wildman–Crippen MR) is 99.1 cm³/mol. The van der Waals surface area contributed by atoms with Crippen LogP contribution in [0.1, 0.15) is 20.3 Å². The maximum absolute atomic E-state index is 11.7. The number of hydrogen-bond donors (Lipinski definition) is 1. The van der Waals surface area contributed by atoms with Crippen molar-refractivity contribution in [3.63, 3.8) is 0 Å². The molecule has 26 heavy (non-hydrogen) atoms. The molecule has 0 aromatic heterocycles. The highest BCUT2D eigenvalue weighted by molar-refractivity contribution is 5.84. The van der Waals surface area contributed by atoms with Gasteiger partial charge in [-0.05, 0) is 43.2 Å². The van der Waals surface area contributed by atoms with Gasteiger partial charge >= 0.3 is 5.97 Å². The van der Waals surface area contributed by atoms with Crippen LogP contribution < -0.4 is 10.1 Å². The third kappa shape index (κ3) is 7.11. The highest BCUT2D eigenvalue weighted by atomic mass is 16.6. The Balaban J connectivity index is 1.62. The zero-order valence-corrected chi connectivity index (χ0v) is 15.2. The second-order valence-corrected chi connectivity index (χ2v) is 6.08. The molecule has 0 aliphatic rings. The van der Waals surface area contributed by atoms with Crippen LogP contribution in [0.15, 0.2) is 42.5 Å². The Kier molecular flexibility index (Phi) is 7.89. The summed E-state index contributed by atoms with van der Waals surface area (Å²) < 4.78 is 15.7. The molecule has 0 radical (unpaired) electrons. The van der Waals surface area contributed by atoms with E-state index < -0.39 is 5.97 Å². The van der Waals surface area contributed by atoms with E-state index in [0.717, 1.165) is 10.8 Å². The molecular formula is C20H25NO5. The summed E-state index contributed by atoms with van der Waals surface area (Å²) in [5.74, 6) is -0.347. The van der Waals surface area contributed by atoms with E-state index in [1.807, 2.05) is 50.2 Å². The fourth-order valence-electron chi connectivity index (χ4n) is 2.26. The fraction of sp³-hybridized carbons (Fsp3) is 0.400. The lowest BCUT2D eigenvalue weighted by Gasteiger charge is -2.09. The van der Waals surface area contributed by atoms with Crippen LogP contribution in [0.2, 0.25) is 0 Å². The maximum Gasteiger partial charge on any atom is 0.344 e. The summed E-state index contributed by atoms with van der Waals surface area (Å²) in [6, 6.07) is 13.4. The zero-order valence-electron chi connectivity index (χ0n) is 15.2. The number of benzene rings is 2. The molecule has 1 N–H and O–H groups in total. The summed E-state index contributed by atoms with van der Waals surface area (Å²) in [5, 5.41) is 4.79. The van der Waals surface area contributed by atoms with Gasteiger partial charge in [-0.15, -0.1) is 0 Å². The van der Waals surface area contributed by atoms with Crippen LogP contribution in [-0.2, 0) is 19.1 Å². The first-order chi connectivity index (χ1) is 12.5. The molecule has 0 saturated heterocycles. The van der Waals surface area contributed by atoms with Gasteiger partial charge in [-0.1, -0.05) is 30.3 Å². The number of fused-ring (bicyclic) bond motifs is 1. The molecule has 6 heteroatoms. The molecule has 140 valence electrons. The van der Waals surface area contributed by atoms with E-state index >= 15 is 0 Å². The van der Waals surface area contributed by atoms with Gasteiger partial charge in [0.2, 0.25) is 0 Å². The molecule has 1 amide bonds. The van der Waals surface area contributed by atoms with Crippen molar-refractivity contribution < 1.29 is 23.8 Å². The molecule has 0 aliphatic carbocycles. The van der Waals surface area contributed by atoms with E-state index in [2.05, 4.69) is 5.32 Å². The average molecular weight is 359 g/mol. The van der Waals surface area contributed by atoms with E-state index in [4.69, 9.17) is 14.2 Å². The lowest BCUT2D eigenvalue weighted by atomic mass is 10.1. The predicted octanol–water partition coefficient (Wildman–Crippen LogP) is 2.69. The number of carbonyl (C=O) groups excluding carboxylic acids is 2. The van der Waals surface area contributed by atoms with Crippen molar-refractivity contribution in [1.29, 1.82) is 0 Å². The largest absolute Gasteiger partial charge is 0.482 e. The minimum absolute atomic E-state index is 0.175. The summed E-state index contributed by atoms with van der Waals surface area (Å²) in [6.07, 6.45) is 0.886. The number of amides is 1. The fourth-order valence-corrected chi connectivity index (χ4v) is 2.26. The second kappa shape index (κ2) is 10.4. The van der Waals surface area contributed by atoms with Crippen molar-refractivity contribution in [2.45, 2.75) is 26.4 Å². The highest BCUT2D eigenvalue weighted by Gasteiger charge is 2.08. The Bertz CT molecular complexity index is 729. The summed E-state index contributed by atoms with van der Waals surface area (Å²) in [6.45, 7) is 4.42. The van der Waals surface area contributed by atoms with Gasteiger partial charge < -0.3 is 19.5 Å². The van der Waals surface area contributed by atoms with Crippen LogP contribution in [0.3, 0.4) is 0 Å². The van der Waals surface area contributed by atoms with Gasteiger partial charge in [0.05, 0.1) is 6.10 Å². The SMILES string of the molecule is CC(C)OCCCNC(=O)COC(=O)COc1ccc2ccccc2c1. The van der Waals surface area contributed by atoms with Crippen molar-refractivity contribution >= 4 is 22.6 Å². The van der Waals surface area contributed by atoms with Gasteiger partial charge in [0.1, 0.15) is 5.75 Å². The number of rotatable bonds is 10. The molecular weight excluding hydrogens is 334 g/mol. The van der Waals surface area contributed by atoms with E-state index in [0.29, 0.717) is 25.3 Å². The minimum Gasteiger partial charge on any atom is -0.482 e. The van der Waals surface area contributed by atoms with Gasteiger partial charge in [0, 0.05) is 13.2 Å². The normalized spacial score (nSPS) is 10.7. The standard InChI is InChI=1S/C20H25NO5/c1-15(2)24-11-5-10-21-19(22)13-26-20(23)14-25-18-9-8-16-6-3-4-7-17(16)12-18/h3-4,6-9,12,15H,5,10-11,13-14H2,1-2H3,(H,21,22). The van der Waals surface area contributed by atoms with Crippen LogP contribution in [0, 0.1) is 0 Å². The zero-order chi connectivity index (χ0) is 18.8. The third-order valence-corrected chi connectivity index (χ3v) is 3.54. The Hall–Kier alpha value is -2.60. The Morgan fingerprint density at radius 3 is 2.58 bits per heavy atom. The molecule has 0 unspecified atom stereocenters. The van der Waals surface area contributed by atoms with E-state index in [9.17, 15) is 9.59 Å². The summed E-state index contributed by atoms with van der Waals surface area (Å²) >= 11 is 0. The van der Waals surface area contributed by atoms with Gasteiger partial charge in [-0.25, -0.2) is 4.79 Å². The van der Waals surface area contributed by atoms with Crippen molar-refractivity contribution in [2.75, 3.05) is 26.4 Å². The molecule has 0 atom stereocenters. The number of nitrogens with one attached hydrogen (secondary N) is 1. The topological polar surface area (TPSA) is 73.9 Å². The molecule has 6 nitrogen and oxygen atoms in total. The number of hydrogen-bond acceptors (Lipinski definition) is 5. The van der Waals surface area contributed by atoms with Crippen LogP contribution >= 0.6 is 0 Å². The molecule has 0 saturated carbocycles. The van der Waals surface area contributed by atoms with Crippen molar-refractivity contribution in [3.05, 3.63) is 42.5 Å². The van der Waals surface area contributed by atoms with E-state index in [1.165, 1.54) is 0 Å². The second-order valence-electron chi connectivity index (χ2n) is 6.08. The van der Waals surface area contributed by atoms with Crippen molar-refractivity contribution in [3.8, 4) is 5.75 Å². The molecule has 2 aromatic carbocycles. The van der Waals surface area contributed by atoms with Crippen LogP contribution in [0.4, 0.5) is 0 Å². The summed E-state index contributed by atoms with van der Waals surface area (Å²) in [5.41, 5.74) is 0. The lowest BCUT2D eigenvalue weighted by molar-refractivity contribution is -0.150. The van der Waals surface area contributed by atoms with Crippen LogP contribution in [0.25, 0.3) is 10.8 Å². The molecule has 0 fully saturated rings. The molecule has 2 aromatic rings. The average Bonchev–Trinajstić information content (AvgIpc) is 2.64. The lowest BCUT2D eigenvalue weighted by Crippen LogP contribution is -2.31. The number of ether oxygens (including phenoxy) is 3. The quantitative estimate of drug-likeness (QED) is 0.521. The van der Waals surface area contributed by atoms with Crippen molar-refractivity contribution in [2.24, 2.45) is 0 Å². The van der Waals surface area contributed by atoms with Crippen LogP contribution in [0.5, 0.6) is 5.75 Å². The summed E-state index contributed by atoms with van der Waals surface area (Å²) in [7, 11) is 0. The van der Waals surface area contributed by atoms with E-state index in [1.54, 1.807) is 6.07 Å². The first kappa shape index (κ1) is 19.7. The Morgan fingerprint density at radius 1 is 1.04 bits per heavy atom. The Morgan fingerprint density at radius 2 is 1.81 bits per heavy atom. The molecule has 0 spiro atoms.